The van der Waals surface area contributed by atoms with Gasteiger partial charge in [0.2, 0.25) is 53.2 Å². The molecular formula is C85H119N11O15S. The van der Waals surface area contributed by atoms with Crippen LogP contribution in [0.4, 0.5) is 4.79 Å². The molecule has 5 aromatic rings. The van der Waals surface area contributed by atoms with Crippen molar-refractivity contribution in [3.63, 3.8) is 0 Å². The zero-order valence-corrected chi connectivity index (χ0v) is 67.9. The van der Waals surface area contributed by atoms with Gasteiger partial charge in [0.15, 0.2) is 0 Å². The first-order valence-electron chi connectivity index (χ1n) is 39.2. The highest BCUT2D eigenvalue weighted by Crippen LogP contribution is 2.44. The second-order valence-electron chi connectivity index (χ2n) is 32.8. The van der Waals surface area contributed by atoms with Crippen molar-refractivity contribution in [3.05, 3.63) is 160 Å². The van der Waals surface area contributed by atoms with Crippen LogP contribution in [0.1, 0.15) is 207 Å². The fourth-order valence-electron chi connectivity index (χ4n) is 14.6. The molecule has 1 aliphatic carbocycles. The van der Waals surface area contributed by atoms with Crippen molar-refractivity contribution >= 4 is 76.6 Å². The molecule has 1 aromatic heterocycles. The van der Waals surface area contributed by atoms with Crippen molar-refractivity contribution in [1.82, 2.24) is 47.4 Å². The van der Waals surface area contributed by atoms with Crippen molar-refractivity contribution in [1.29, 1.82) is 0 Å². The van der Waals surface area contributed by atoms with Gasteiger partial charge in [-0.15, -0.1) is 11.3 Å². The molecule has 4 aromatic carbocycles. The van der Waals surface area contributed by atoms with Crippen LogP contribution in [0.5, 0.6) is 5.75 Å². The van der Waals surface area contributed by atoms with Gasteiger partial charge in [-0.1, -0.05) is 155 Å². The summed E-state index contributed by atoms with van der Waals surface area (Å²) < 4.78 is 17.8. The number of nitrogens with zero attached hydrogens (tertiary/aromatic N) is 1. The first-order valence-corrected chi connectivity index (χ1v) is 40.1. The van der Waals surface area contributed by atoms with E-state index < -0.39 is 160 Å². The normalized spacial score (nSPS) is 16.9. The molecule has 1 aliphatic heterocycles. The summed E-state index contributed by atoms with van der Waals surface area (Å²) in [6, 6.07) is 27.0. The number of carbonyl (C=O) groups excluding carboxylic acids is 10. The van der Waals surface area contributed by atoms with Crippen LogP contribution in [0.3, 0.4) is 0 Å². The Morgan fingerprint density at radius 2 is 1.15 bits per heavy atom. The smallest absolute Gasteiger partial charge is 0.407 e. The van der Waals surface area contributed by atoms with E-state index in [-0.39, 0.29) is 70.9 Å². The molecule has 1 saturated carbocycles. The number of amides is 10. The molecule has 0 spiro atoms. The number of ether oxygens (including phenoxy) is 3. The van der Waals surface area contributed by atoms with Crippen LogP contribution >= 0.6 is 11.3 Å². The maximum absolute atomic E-state index is 16.0. The van der Waals surface area contributed by atoms with Crippen molar-refractivity contribution in [2.75, 3.05) is 13.1 Å². The zero-order chi connectivity index (χ0) is 82.1. The molecule has 13 N–H and O–H groups in total. The zero-order valence-electron chi connectivity index (χ0n) is 67.1. The minimum atomic E-state index is -1.87. The van der Waals surface area contributed by atoms with Gasteiger partial charge < -0.3 is 78.2 Å². The monoisotopic (exact) mass is 1570 g/mol. The molecule has 610 valence electrons. The van der Waals surface area contributed by atoms with E-state index in [0.29, 0.717) is 53.7 Å². The average molecular weight is 1570 g/mol. The number of aliphatic carboxylic acids is 1. The first kappa shape index (κ1) is 89.5. The number of rotatable bonds is 39. The number of thiophene rings is 1. The Labute approximate surface area is 663 Å². The number of carboxylic acid groups (broad SMARTS) is 1. The summed E-state index contributed by atoms with van der Waals surface area (Å²) in [4.78, 5) is 163. The lowest BCUT2D eigenvalue weighted by molar-refractivity contribution is -0.144. The molecule has 0 radical (unpaired) electrons. The molecule has 2 heterocycles. The number of hydrogen-bond donors (Lipinski definition) is 11. The van der Waals surface area contributed by atoms with Gasteiger partial charge in [0.1, 0.15) is 64.8 Å². The Balaban J connectivity index is 1.28. The molecule has 10 atom stereocenters. The summed E-state index contributed by atoms with van der Waals surface area (Å²) in [7, 11) is 0. The van der Waals surface area contributed by atoms with E-state index >= 15 is 24.0 Å². The Hall–Kier alpha value is -9.73. The summed E-state index contributed by atoms with van der Waals surface area (Å²) in [6.07, 6.45) is 2.22. The topological polar surface area (TPSA) is 387 Å². The third-order valence-corrected chi connectivity index (χ3v) is 21.1. The van der Waals surface area contributed by atoms with Gasteiger partial charge in [-0.05, 0) is 178 Å². The maximum atomic E-state index is 16.0. The minimum Gasteiger partial charge on any atom is -0.488 e. The number of hydrogen-bond acceptors (Lipinski definition) is 16. The molecule has 7 rings (SSSR count). The molecule has 10 amide bonds. The molecule has 26 nitrogen and oxygen atoms in total. The van der Waals surface area contributed by atoms with Gasteiger partial charge in [-0.25, -0.2) is 4.79 Å². The lowest BCUT2D eigenvalue weighted by atomic mass is 9.69. The van der Waals surface area contributed by atoms with E-state index in [1.807, 2.05) is 136 Å². The van der Waals surface area contributed by atoms with Crippen LogP contribution < -0.4 is 58.7 Å². The Kier molecular flexibility index (Phi) is 32.9. The van der Waals surface area contributed by atoms with Crippen LogP contribution in [-0.4, -0.2) is 160 Å². The lowest BCUT2D eigenvalue weighted by Gasteiger charge is -2.38. The largest absolute Gasteiger partial charge is 0.488 e. The molecule has 0 unspecified atom stereocenters. The standard InChI is InChI=1S/C85H119N11O15S/c1-13-54(2)70(93-73(101)62(86)51-61-36-29-49-112-61)77(105)94-71(55(3)109-81(4,5)6)78(106)92-66(52-68(97)95-85(57-30-18-14-19-31-57,58-32-20-15-21-33-58)59-34-22-16-23-35-59)75(103)90-64(37-26-46-84(53-69(98)99)44-24-17-25-45-84)79(107)96-48-28-39-67(96)76(104)89-63(38-27-47-88-80(108)111-83(10,11)12)74(102)91-65(72(87)100)50-56-40-42-60(43-41-56)110-82(7,8)9/h14-16,18-23,29-36,40-43,49,54-55,62-67,70-71H,13,17,24-28,37-39,44-48,50-53,86H2,1-12H3,(H2,87,100)(H,88,108)(H,89,104)(H,90,103)(H,91,102)(H,92,106)(H,93,101)(H,94,105)(H,95,97)(H,98,99)/t54-,55+,62-,63+,64+,65+,66+,67+,70+,71+/m1/s1. The van der Waals surface area contributed by atoms with Gasteiger partial charge in [0.25, 0.3) is 0 Å². The summed E-state index contributed by atoms with van der Waals surface area (Å²) in [5.74, 6) is -8.25. The Morgan fingerprint density at radius 1 is 0.598 bits per heavy atom. The van der Waals surface area contributed by atoms with Crippen LogP contribution in [0.15, 0.2) is 133 Å². The van der Waals surface area contributed by atoms with Gasteiger partial charge in [0, 0.05) is 30.8 Å². The molecule has 27 heteroatoms. The summed E-state index contributed by atoms with van der Waals surface area (Å²) >= 11 is 1.43. The summed E-state index contributed by atoms with van der Waals surface area (Å²) in [5.41, 5.74) is 10.6. The second kappa shape index (κ2) is 41.2. The van der Waals surface area contributed by atoms with Crippen molar-refractivity contribution < 1.29 is 72.1 Å². The fourth-order valence-corrected chi connectivity index (χ4v) is 15.4. The third kappa shape index (κ3) is 27.3. The number of benzene rings is 4. The number of nitrogens with one attached hydrogen (secondary N) is 8. The predicted molar refractivity (Wildman–Crippen MR) is 429 cm³/mol. The van der Waals surface area contributed by atoms with E-state index in [0.717, 1.165) is 24.1 Å². The number of carboxylic acids is 1. The molecule has 112 heavy (non-hydrogen) atoms. The Bertz CT molecular complexity index is 3840. The number of nitrogens with two attached hydrogens (primary N) is 2. The minimum absolute atomic E-state index is 0.000834. The van der Waals surface area contributed by atoms with Crippen LogP contribution in [-0.2, 0) is 75.8 Å². The van der Waals surface area contributed by atoms with E-state index in [1.54, 1.807) is 79.7 Å². The van der Waals surface area contributed by atoms with E-state index in [2.05, 4.69) is 42.5 Å². The number of alkyl carbamates (subject to hydrolysis) is 1. The van der Waals surface area contributed by atoms with E-state index in [9.17, 15) is 33.9 Å². The second-order valence-corrected chi connectivity index (χ2v) is 33.8. The van der Waals surface area contributed by atoms with Crippen LogP contribution in [0.25, 0.3) is 0 Å². The third-order valence-electron chi connectivity index (χ3n) is 20.2. The van der Waals surface area contributed by atoms with Gasteiger partial charge in [-0.2, -0.15) is 0 Å². The molecule has 0 bridgehead atoms. The molecular weight excluding hydrogens is 1450 g/mol. The molecule has 2 aliphatic rings. The van der Waals surface area contributed by atoms with Gasteiger partial charge in [-0.3, -0.25) is 47.9 Å². The van der Waals surface area contributed by atoms with Gasteiger partial charge in [0.05, 0.1) is 30.6 Å². The van der Waals surface area contributed by atoms with Crippen molar-refractivity contribution in [2.24, 2.45) is 22.8 Å². The first-order chi connectivity index (χ1) is 52.9. The quantitative estimate of drug-likeness (QED) is 0.0129. The Morgan fingerprint density at radius 3 is 1.69 bits per heavy atom. The average Bonchev–Trinajstić information content (AvgIpc) is 0.814. The van der Waals surface area contributed by atoms with Crippen molar-refractivity contribution in [2.45, 2.75) is 269 Å². The van der Waals surface area contributed by atoms with Gasteiger partial charge >= 0.3 is 12.1 Å². The lowest BCUT2D eigenvalue weighted by Crippen LogP contribution is -2.63. The highest BCUT2D eigenvalue weighted by Gasteiger charge is 2.45. The summed E-state index contributed by atoms with van der Waals surface area (Å²) in [5, 5.41) is 35.1. The highest BCUT2D eigenvalue weighted by molar-refractivity contribution is 7.09. The van der Waals surface area contributed by atoms with E-state index in [1.165, 1.54) is 16.2 Å². The highest BCUT2D eigenvalue weighted by atomic mass is 32.1. The SMILES string of the molecule is CC[C@@H](C)[C@H](NC(=O)[C@H](N)Cc1cccs1)C(=O)N[C@H](C(=O)N[C@@H](CC(=O)NC(c1ccccc1)(c1ccccc1)c1ccccc1)C(=O)N[C@@H](CCCC1(CC(=O)O)CCCCC1)C(=O)N1CCC[C@H]1C(=O)N[C@@H](CCCNC(=O)OC(C)(C)C)C(=O)N[C@@H](Cc1ccc(OC(C)(C)C)cc1)C(N)=O)[C@H](C)OC(C)(C)C. The maximum Gasteiger partial charge on any atom is 0.407 e. The number of likely N-dealkylation sites (tertiary alicyclic amines) is 1. The molecule has 2 fully saturated rings. The van der Waals surface area contributed by atoms with Crippen molar-refractivity contribution in [3.8, 4) is 5.75 Å². The van der Waals surface area contributed by atoms with Crippen LogP contribution in [0.2, 0.25) is 0 Å². The predicted octanol–water partition coefficient (Wildman–Crippen LogP) is 9.07. The van der Waals surface area contributed by atoms with Crippen LogP contribution in [0, 0.1) is 11.3 Å². The number of primary amides is 1. The number of carbonyl (C=O) groups is 11. The fraction of sp³-hybridized carbons (Fsp3) is 0.541. The summed E-state index contributed by atoms with van der Waals surface area (Å²) in [6.45, 7) is 21.2. The van der Waals surface area contributed by atoms with E-state index in [4.69, 9.17) is 25.7 Å². The molecule has 1 saturated heterocycles.